The number of sulfone groups is 1. The van der Waals surface area contributed by atoms with Crippen LogP contribution in [0, 0.1) is 0 Å². The normalized spacial score (nSPS) is 11.6. The minimum absolute atomic E-state index is 0.0574. The maximum Gasteiger partial charge on any atom is 0.228 e. The van der Waals surface area contributed by atoms with Gasteiger partial charge >= 0.3 is 0 Å². The summed E-state index contributed by atoms with van der Waals surface area (Å²) in [6.45, 7) is 0.712. The van der Waals surface area contributed by atoms with E-state index in [1.165, 1.54) is 0 Å². The van der Waals surface area contributed by atoms with Gasteiger partial charge in [-0.05, 0) is 36.4 Å². The third-order valence-corrected chi connectivity index (χ3v) is 4.57. The van der Waals surface area contributed by atoms with E-state index in [4.69, 9.17) is 9.47 Å². The Morgan fingerprint density at radius 2 is 1.71 bits per heavy atom. The van der Waals surface area contributed by atoms with Crippen molar-refractivity contribution in [3.8, 4) is 11.5 Å². The lowest BCUT2D eigenvalue weighted by molar-refractivity contribution is 0.294. The van der Waals surface area contributed by atoms with E-state index in [9.17, 15) is 8.42 Å². The van der Waals surface area contributed by atoms with Crippen LogP contribution in [0.2, 0.25) is 0 Å². The molecule has 126 valence electrons. The minimum Gasteiger partial charge on any atom is -0.497 e. The molecule has 7 heteroatoms. The fraction of sp³-hybridized carbons (Fsp3) is 0.235. The zero-order chi connectivity index (χ0) is 17.2. The summed E-state index contributed by atoms with van der Waals surface area (Å²) < 4.78 is 36.4. The maximum atomic E-state index is 12.0. The standard InChI is InChI=1S/C17H18N2O4S/c1-22-13-7-9-14(10-8-13)23-12-11-19-16-6-4-3-5-15(16)18-17(19)24(2,20)21/h3-10H,11-12H2,1-2H3. The number of methoxy groups -OCH3 is 1. The molecule has 0 aliphatic carbocycles. The molecular weight excluding hydrogens is 328 g/mol. The van der Waals surface area contributed by atoms with Crippen molar-refractivity contribution in [3.05, 3.63) is 48.5 Å². The topological polar surface area (TPSA) is 70.4 Å². The van der Waals surface area contributed by atoms with Crippen LogP contribution in [0.5, 0.6) is 11.5 Å². The summed E-state index contributed by atoms with van der Waals surface area (Å²) in [6.07, 6.45) is 1.16. The van der Waals surface area contributed by atoms with E-state index in [1.54, 1.807) is 17.7 Å². The van der Waals surface area contributed by atoms with Gasteiger partial charge in [0.1, 0.15) is 18.1 Å². The Bertz CT molecular complexity index is 946. The summed E-state index contributed by atoms with van der Waals surface area (Å²) in [7, 11) is -1.82. The van der Waals surface area contributed by atoms with Gasteiger partial charge in [0.15, 0.2) is 0 Å². The molecule has 0 unspecified atom stereocenters. The van der Waals surface area contributed by atoms with E-state index in [0.717, 1.165) is 17.5 Å². The summed E-state index contributed by atoms with van der Waals surface area (Å²) in [5.41, 5.74) is 1.43. The number of hydrogen-bond donors (Lipinski definition) is 0. The number of para-hydroxylation sites is 2. The van der Waals surface area contributed by atoms with E-state index in [0.29, 0.717) is 24.4 Å². The molecule has 6 nitrogen and oxygen atoms in total. The molecule has 1 aromatic heterocycles. The Labute approximate surface area is 140 Å². The number of imidazole rings is 1. The summed E-state index contributed by atoms with van der Waals surface area (Å²) in [5.74, 6) is 1.45. The molecule has 0 aliphatic rings. The van der Waals surface area contributed by atoms with Gasteiger partial charge in [0.2, 0.25) is 15.0 Å². The lowest BCUT2D eigenvalue weighted by atomic mass is 10.3. The van der Waals surface area contributed by atoms with Crippen molar-refractivity contribution in [2.75, 3.05) is 20.0 Å². The lowest BCUT2D eigenvalue weighted by Crippen LogP contribution is -2.14. The van der Waals surface area contributed by atoms with Crippen molar-refractivity contribution >= 4 is 20.9 Å². The van der Waals surface area contributed by atoms with E-state index in [1.807, 2.05) is 42.5 Å². The Balaban J connectivity index is 1.81. The molecule has 0 N–H and O–H groups in total. The first-order valence-electron chi connectivity index (χ1n) is 7.41. The summed E-state index contributed by atoms with van der Waals surface area (Å²) in [4.78, 5) is 4.24. The number of ether oxygens (including phenoxy) is 2. The molecule has 1 heterocycles. The number of benzene rings is 2. The van der Waals surface area contributed by atoms with Crippen LogP contribution in [0.4, 0.5) is 0 Å². The fourth-order valence-electron chi connectivity index (χ4n) is 2.48. The van der Waals surface area contributed by atoms with Crippen LogP contribution in [-0.2, 0) is 16.4 Å². The first-order valence-corrected chi connectivity index (χ1v) is 9.30. The molecule has 0 atom stereocenters. The summed E-state index contributed by atoms with van der Waals surface area (Å²) >= 11 is 0. The zero-order valence-electron chi connectivity index (χ0n) is 13.5. The predicted molar refractivity (Wildman–Crippen MR) is 91.3 cm³/mol. The average molecular weight is 346 g/mol. The highest BCUT2D eigenvalue weighted by molar-refractivity contribution is 7.90. The summed E-state index contributed by atoms with van der Waals surface area (Å²) in [6, 6.07) is 14.6. The molecule has 2 aromatic carbocycles. The molecule has 3 aromatic rings. The number of nitrogens with zero attached hydrogens (tertiary/aromatic N) is 2. The molecule has 0 spiro atoms. The number of aromatic nitrogens is 2. The molecule has 24 heavy (non-hydrogen) atoms. The monoisotopic (exact) mass is 346 g/mol. The van der Waals surface area contributed by atoms with Crippen molar-refractivity contribution in [2.24, 2.45) is 0 Å². The molecule has 0 radical (unpaired) electrons. The quantitative estimate of drug-likeness (QED) is 0.686. The van der Waals surface area contributed by atoms with Crippen molar-refractivity contribution in [3.63, 3.8) is 0 Å². The molecule has 0 amide bonds. The van der Waals surface area contributed by atoms with Gasteiger partial charge in [-0.2, -0.15) is 0 Å². The molecule has 0 fully saturated rings. The van der Waals surface area contributed by atoms with Crippen molar-refractivity contribution in [1.82, 2.24) is 9.55 Å². The Hall–Kier alpha value is -2.54. The summed E-state index contributed by atoms with van der Waals surface area (Å²) in [5, 5.41) is 0.0574. The minimum atomic E-state index is -3.42. The van der Waals surface area contributed by atoms with E-state index in [2.05, 4.69) is 4.98 Å². The smallest absolute Gasteiger partial charge is 0.228 e. The average Bonchev–Trinajstić information content (AvgIpc) is 2.95. The second kappa shape index (κ2) is 6.52. The van der Waals surface area contributed by atoms with Crippen LogP contribution in [-0.4, -0.2) is 37.9 Å². The second-order valence-corrected chi connectivity index (χ2v) is 7.24. The first-order chi connectivity index (χ1) is 11.5. The van der Waals surface area contributed by atoms with Gasteiger partial charge < -0.3 is 14.0 Å². The molecule has 0 aliphatic heterocycles. The van der Waals surface area contributed by atoms with Gasteiger partial charge in [0.25, 0.3) is 0 Å². The number of hydrogen-bond acceptors (Lipinski definition) is 5. The van der Waals surface area contributed by atoms with Gasteiger partial charge in [0, 0.05) is 6.26 Å². The van der Waals surface area contributed by atoms with E-state index in [-0.39, 0.29) is 5.16 Å². The van der Waals surface area contributed by atoms with Gasteiger partial charge in [-0.25, -0.2) is 13.4 Å². The van der Waals surface area contributed by atoms with Crippen molar-refractivity contribution in [2.45, 2.75) is 11.7 Å². The van der Waals surface area contributed by atoms with Crippen LogP contribution in [0.3, 0.4) is 0 Å². The van der Waals surface area contributed by atoms with E-state index >= 15 is 0 Å². The van der Waals surface area contributed by atoms with Crippen LogP contribution in [0.15, 0.2) is 53.7 Å². The van der Waals surface area contributed by atoms with Gasteiger partial charge in [-0.3, -0.25) is 0 Å². The fourth-order valence-corrected chi connectivity index (χ4v) is 3.33. The third-order valence-electron chi connectivity index (χ3n) is 3.59. The third kappa shape index (κ3) is 3.35. The van der Waals surface area contributed by atoms with Gasteiger partial charge in [-0.15, -0.1) is 0 Å². The van der Waals surface area contributed by atoms with Crippen molar-refractivity contribution < 1.29 is 17.9 Å². The molecule has 0 saturated carbocycles. The maximum absolute atomic E-state index is 12.0. The first kappa shape index (κ1) is 16.3. The molecule has 3 rings (SSSR count). The Kier molecular flexibility index (Phi) is 4.44. The largest absolute Gasteiger partial charge is 0.497 e. The van der Waals surface area contributed by atoms with Gasteiger partial charge in [-0.1, -0.05) is 12.1 Å². The second-order valence-electron chi connectivity index (χ2n) is 5.33. The Morgan fingerprint density at radius 3 is 2.38 bits per heavy atom. The number of fused-ring (bicyclic) bond motifs is 1. The van der Waals surface area contributed by atoms with Gasteiger partial charge in [0.05, 0.1) is 24.7 Å². The molecular formula is C17H18N2O4S. The van der Waals surface area contributed by atoms with Crippen molar-refractivity contribution in [1.29, 1.82) is 0 Å². The highest BCUT2D eigenvalue weighted by Gasteiger charge is 2.19. The molecule has 0 saturated heterocycles. The van der Waals surface area contributed by atoms with Crippen LogP contribution in [0.25, 0.3) is 11.0 Å². The molecule has 0 bridgehead atoms. The SMILES string of the molecule is COc1ccc(OCCn2c(S(C)(=O)=O)nc3ccccc32)cc1. The highest BCUT2D eigenvalue weighted by atomic mass is 32.2. The van der Waals surface area contributed by atoms with E-state index < -0.39 is 9.84 Å². The lowest BCUT2D eigenvalue weighted by Gasteiger charge is -2.10. The Morgan fingerprint density at radius 1 is 1.04 bits per heavy atom. The van der Waals surface area contributed by atoms with Crippen LogP contribution >= 0.6 is 0 Å². The number of rotatable bonds is 6. The van der Waals surface area contributed by atoms with Crippen LogP contribution < -0.4 is 9.47 Å². The highest BCUT2D eigenvalue weighted by Crippen LogP contribution is 2.20. The predicted octanol–water partition coefficient (Wildman–Crippen LogP) is 2.53. The zero-order valence-corrected chi connectivity index (χ0v) is 14.3. The van der Waals surface area contributed by atoms with Crippen LogP contribution in [0.1, 0.15) is 0 Å².